The van der Waals surface area contributed by atoms with Crippen molar-refractivity contribution in [3.05, 3.63) is 29.8 Å². The highest BCUT2D eigenvalue weighted by Crippen LogP contribution is 2.25. The fourth-order valence-corrected chi connectivity index (χ4v) is 2.52. The van der Waals surface area contributed by atoms with Crippen LogP contribution >= 0.6 is 0 Å². The third kappa shape index (κ3) is 3.18. The summed E-state index contributed by atoms with van der Waals surface area (Å²) >= 11 is 0. The lowest BCUT2D eigenvalue weighted by molar-refractivity contribution is 0.589. The molecule has 2 heteroatoms. The highest BCUT2D eigenvalue weighted by atomic mass is 32.2. The minimum Gasteiger partial charge on any atom is -0.254 e. The van der Waals surface area contributed by atoms with Gasteiger partial charge in [-0.15, -0.1) is 0 Å². The normalized spacial score (nSPS) is 14.9. The van der Waals surface area contributed by atoms with Crippen molar-refractivity contribution in [2.24, 2.45) is 0 Å². The maximum atomic E-state index is 12.1. The second-order valence-corrected chi connectivity index (χ2v) is 8.39. The zero-order valence-electron chi connectivity index (χ0n) is 11.1. The number of hydrogen-bond donors (Lipinski definition) is 0. The first-order chi connectivity index (χ1) is 7.12. The molecular weight excluding hydrogens is 216 g/mol. The predicted octanol–water partition coefficient (Wildman–Crippen LogP) is 3.89. The van der Waals surface area contributed by atoms with E-state index in [1.807, 2.05) is 32.9 Å². The van der Waals surface area contributed by atoms with Crippen molar-refractivity contribution in [3.63, 3.8) is 0 Å². The summed E-state index contributed by atoms with van der Waals surface area (Å²) < 4.78 is 11.9. The Kier molecular flexibility index (Phi) is 3.63. The van der Waals surface area contributed by atoms with E-state index in [-0.39, 0.29) is 10.2 Å². The van der Waals surface area contributed by atoms with Crippen molar-refractivity contribution in [3.8, 4) is 0 Å². The average molecular weight is 238 g/mol. The average Bonchev–Trinajstić information content (AvgIpc) is 2.14. The lowest BCUT2D eigenvalue weighted by Gasteiger charge is -2.21. The molecule has 0 spiro atoms. The van der Waals surface area contributed by atoms with E-state index in [9.17, 15) is 4.21 Å². The van der Waals surface area contributed by atoms with Crippen LogP contribution in [0.25, 0.3) is 0 Å². The van der Waals surface area contributed by atoms with Gasteiger partial charge in [-0.25, -0.2) is 0 Å². The molecule has 1 nitrogen and oxygen atoms in total. The Morgan fingerprint density at radius 2 is 1.31 bits per heavy atom. The van der Waals surface area contributed by atoms with Crippen LogP contribution in [0, 0.1) is 0 Å². The Morgan fingerprint density at radius 1 is 0.875 bits per heavy atom. The third-order valence-electron chi connectivity index (χ3n) is 2.49. The molecule has 1 atom stereocenters. The van der Waals surface area contributed by atoms with Gasteiger partial charge in [0, 0.05) is 9.64 Å². The van der Waals surface area contributed by atoms with Gasteiger partial charge in [0.15, 0.2) is 0 Å². The van der Waals surface area contributed by atoms with Gasteiger partial charge in [0.25, 0.3) is 0 Å². The van der Waals surface area contributed by atoms with E-state index >= 15 is 0 Å². The minimum atomic E-state index is -0.936. The molecule has 1 aromatic carbocycles. The Morgan fingerprint density at radius 3 is 1.62 bits per heavy atom. The highest BCUT2D eigenvalue weighted by Gasteiger charge is 2.21. The molecule has 0 aromatic heterocycles. The fraction of sp³-hybridized carbons (Fsp3) is 0.571. The highest BCUT2D eigenvalue weighted by molar-refractivity contribution is 7.86. The van der Waals surface area contributed by atoms with Crippen LogP contribution in [0.15, 0.2) is 29.2 Å². The van der Waals surface area contributed by atoms with Gasteiger partial charge in [0.05, 0.1) is 10.8 Å². The molecule has 90 valence electrons. The number of hydrogen-bond acceptors (Lipinski definition) is 1. The van der Waals surface area contributed by atoms with Gasteiger partial charge in [0.1, 0.15) is 0 Å². The van der Waals surface area contributed by atoms with Gasteiger partial charge >= 0.3 is 0 Å². The van der Waals surface area contributed by atoms with Crippen LogP contribution in [-0.4, -0.2) is 8.96 Å². The molecule has 0 bridgehead atoms. The van der Waals surface area contributed by atoms with Crippen molar-refractivity contribution in [2.75, 3.05) is 0 Å². The maximum Gasteiger partial charge on any atom is 0.0583 e. The summed E-state index contributed by atoms with van der Waals surface area (Å²) in [5.41, 5.74) is 1.43. The quantitative estimate of drug-likeness (QED) is 0.725. The zero-order valence-corrected chi connectivity index (χ0v) is 11.9. The molecular formula is C14H22OS. The van der Waals surface area contributed by atoms with E-state index in [1.165, 1.54) is 5.56 Å². The molecule has 0 aliphatic rings. The smallest absolute Gasteiger partial charge is 0.0583 e. The van der Waals surface area contributed by atoms with E-state index < -0.39 is 10.8 Å². The first-order valence-corrected chi connectivity index (χ1v) is 6.80. The minimum absolute atomic E-state index is 0.155. The van der Waals surface area contributed by atoms with Crippen LogP contribution in [0.4, 0.5) is 0 Å². The second-order valence-electron chi connectivity index (χ2n) is 6.16. The van der Waals surface area contributed by atoms with Gasteiger partial charge in [-0.3, -0.25) is 4.21 Å². The van der Waals surface area contributed by atoms with Crippen molar-refractivity contribution in [2.45, 2.75) is 56.6 Å². The van der Waals surface area contributed by atoms with Gasteiger partial charge < -0.3 is 0 Å². The fourth-order valence-electron chi connectivity index (χ4n) is 1.43. The van der Waals surface area contributed by atoms with Crippen LogP contribution < -0.4 is 0 Å². The molecule has 0 heterocycles. The Hall–Kier alpha value is -0.630. The molecule has 1 aromatic rings. The van der Waals surface area contributed by atoms with Crippen molar-refractivity contribution in [1.29, 1.82) is 0 Å². The van der Waals surface area contributed by atoms with Crippen molar-refractivity contribution < 1.29 is 4.21 Å². The van der Waals surface area contributed by atoms with Crippen molar-refractivity contribution in [1.82, 2.24) is 0 Å². The molecule has 0 fully saturated rings. The molecule has 0 aliphatic heterocycles. The van der Waals surface area contributed by atoms with Gasteiger partial charge in [0.2, 0.25) is 0 Å². The standard InChI is InChI=1S/C14H22OS/c1-13(2,3)11-7-9-12(10-8-11)16(15)14(4,5)6/h7-10H,1-6H3. The summed E-state index contributed by atoms with van der Waals surface area (Å²) in [6.07, 6.45) is 0. The summed E-state index contributed by atoms with van der Waals surface area (Å²) in [5, 5.41) is 0. The van der Waals surface area contributed by atoms with Crippen LogP contribution in [0.3, 0.4) is 0 Å². The van der Waals surface area contributed by atoms with Gasteiger partial charge in [-0.2, -0.15) is 0 Å². The van der Waals surface area contributed by atoms with E-state index in [4.69, 9.17) is 0 Å². The van der Waals surface area contributed by atoms with Crippen LogP contribution in [0.2, 0.25) is 0 Å². The van der Waals surface area contributed by atoms with Crippen molar-refractivity contribution >= 4 is 10.8 Å². The molecule has 0 amide bonds. The molecule has 0 N–H and O–H groups in total. The van der Waals surface area contributed by atoms with Gasteiger partial charge in [-0.05, 0) is 43.9 Å². The molecule has 0 aliphatic carbocycles. The number of benzene rings is 1. The molecule has 1 rings (SSSR count). The summed E-state index contributed by atoms with van der Waals surface area (Å²) in [5.74, 6) is 0. The molecule has 0 saturated carbocycles. The van der Waals surface area contributed by atoms with E-state index in [0.29, 0.717) is 0 Å². The SMILES string of the molecule is CC(C)(C)c1ccc(S(=O)C(C)(C)C)cc1. The topological polar surface area (TPSA) is 17.1 Å². The molecule has 0 radical (unpaired) electrons. The molecule has 16 heavy (non-hydrogen) atoms. The van der Waals surface area contributed by atoms with E-state index in [0.717, 1.165) is 4.90 Å². The Bertz CT molecular complexity index is 377. The van der Waals surface area contributed by atoms with E-state index in [1.54, 1.807) is 0 Å². The first-order valence-electron chi connectivity index (χ1n) is 5.65. The second kappa shape index (κ2) is 4.33. The van der Waals surface area contributed by atoms with Crippen LogP contribution in [0.5, 0.6) is 0 Å². The van der Waals surface area contributed by atoms with E-state index in [2.05, 4.69) is 32.9 Å². The number of rotatable bonds is 1. The summed E-state index contributed by atoms with van der Waals surface area (Å²) in [6, 6.07) is 8.14. The summed E-state index contributed by atoms with van der Waals surface area (Å²) in [7, 11) is -0.936. The molecule has 0 saturated heterocycles. The third-order valence-corrected chi connectivity index (χ3v) is 4.30. The molecule has 1 unspecified atom stereocenters. The zero-order chi connectivity index (χ0) is 12.6. The monoisotopic (exact) mass is 238 g/mol. The predicted molar refractivity (Wildman–Crippen MR) is 71.3 cm³/mol. The lowest BCUT2D eigenvalue weighted by atomic mass is 9.87. The summed E-state index contributed by atoms with van der Waals surface area (Å²) in [4.78, 5) is 0.917. The summed E-state index contributed by atoms with van der Waals surface area (Å²) in [6.45, 7) is 12.6. The largest absolute Gasteiger partial charge is 0.254 e. The Balaban J connectivity index is 3.01. The van der Waals surface area contributed by atoms with Gasteiger partial charge in [-0.1, -0.05) is 32.9 Å². The first kappa shape index (κ1) is 13.4. The van der Waals surface area contributed by atoms with Crippen LogP contribution in [0.1, 0.15) is 47.1 Å². The van der Waals surface area contributed by atoms with Crippen LogP contribution in [-0.2, 0) is 16.2 Å². The Labute approximate surface area is 102 Å². The lowest BCUT2D eigenvalue weighted by Crippen LogP contribution is -2.21. The maximum absolute atomic E-state index is 12.1.